The first kappa shape index (κ1) is 20.4. The van der Waals surface area contributed by atoms with Gasteiger partial charge in [0.25, 0.3) is 0 Å². The summed E-state index contributed by atoms with van der Waals surface area (Å²) in [6.07, 6.45) is 1.26. The van der Waals surface area contributed by atoms with Crippen molar-refractivity contribution in [2.75, 3.05) is 0 Å². The monoisotopic (exact) mass is 366 g/mol. The molecule has 0 saturated heterocycles. The average molecular weight is 366 g/mol. The summed E-state index contributed by atoms with van der Waals surface area (Å²) in [5.41, 5.74) is 2.29. The second kappa shape index (κ2) is 9.62. The molecule has 0 aromatic carbocycles. The SMILES string of the molecule is Cc1ccnc(C=Cc2sccc2C)n1.O=C(O)C(O)C(O)C(=O)O. The first-order valence-electron chi connectivity index (χ1n) is 7.06. The van der Waals surface area contributed by atoms with Crippen molar-refractivity contribution in [2.45, 2.75) is 26.1 Å². The van der Waals surface area contributed by atoms with Gasteiger partial charge in [-0.3, -0.25) is 0 Å². The van der Waals surface area contributed by atoms with Gasteiger partial charge in [-0.25, -0.2) is 19.6 Å². The Labute approximate surface area is 147 Å². The van der Waals surface area contributed by atoms with Gasteiger partial charge >= 0.3 is 11.9 Å². The normalized spacial score (nSPS) is 13.0. The van der Waals surface area contributed by atoms with Crippen LogP contribution in [-0.2, 0) is 9.59 Å². The van der Waals surface area contributed by atoms with Crippen LogP contribution in [0.1, 0.15) is 22.0 Å². The molecule has 4 N–H and O–H groups in total. The fraction of sp³-hybridized carbons (Fsp3) is 0.250. The first-order valence-corrected chi connectivity index (χ1v) is 7.94. The van der Waals surface area contributed by atoms with E-state index < -0.39 is 24.1 Å². The zero-order valence-electron chi connectivity index (χ0n) is 13.5. The number of carboxylic acids is 2. The van der Waals surface area contributed by atoms with Crippen LogP contribution in [0.3, 0.4) is 0 Å². The van der Waals surface area contributed by atoms with E-state index in [0.29, 0.717) is 0 Å². The molecule has 0 fully saturated rings. The Morgan fingerprint density at radius 1 is 1.08 bits per heavy atom. The average Bonchev–Trinajstić information content (AvgIpc) is 2.97. The molecular formula is C16H18N2O6S. The highest BCUT2D eigenvalue weighted by Gasteiger charge is 2.29. The number of aliphatic hydroxyl groups excluding tert-OH is 2. The predicted molar refractivity (Wildman–Crippen MR) is 92.0 cm³/mol. The number of nitrogens with zero attached hydrogens (tertiary/aromatic N) is 2. The highest BCUT2D eigenvalue weighted by molar-refractivity contribution is 7.11. The van der Waals surface area contributed by atoms with Crippen molar-refractivity contribution in [3.63, 3.8) is 0 Å². The van der Waals surface area contributed by atoms with E-state index in [9.17, 15) is 9.59 Å². The van der Waals surface area contributed by atoms with Gasteiger partial charge in [0, 0.05) is 16.8 Å². The van der Waals surface area contributed by atoms with E-state index in [2.05, 4.69) is 34.4 Å². The van der Waals surface area contributed by atoms with Crippen LogP contribution in [0.15, 0.2) is 23.7 Å². The van der Waals surface area contributed by atoms with Crippen LogP contribution in [0, 0.1) is 13.8 Å². The van der Waals surface area contributed by atoms with Crippen LogP contribution in [0.25, 0.3) is 12.2 Å². The van der Waals surface area contributed by atoms with E-state index in [4.69, 9.17) is 20.4 Å². The van der Waals surface area contributed by atoms with Gasteiger partial charge in [-0.1, -0.05) is 0 Å². The summed E-state index contributed by atoms with van der Waals surface area (Å²) >= 11 is 1.73. The lowest BCUT2D eigenvalue weighted by molar-refractivity contribution is -0.165. The van der Waals surface area contributed by atoms with Gasteiger partial charge in [0.05, 0.1) is 0 Å². The molecular weight excluding hydrogens is 348 g/mol. The molecule has 2 aromatic heterocycles. The number of aliphatic carboxylic acids is 2. The highest BCUT2D eigenvalue weighted by Crippen LogP contribution is 2.17. The van der Waals surface area contributed by atoms with Crippen molar-refractivity contribution in [3.05, 3.63) is 45.7 Å². The van der Waals surface area contributed by atoms with Crippen molar-refractivity contribution in [2.24, 2.45) is 0 Å². The fourth-order valence-electron chi connectivity index (χ4n) is 1.52. The quantitative estimate of drug-likeness (QED) is 0.619. The summed E-state index contributed by atoms with van der Waals surface area (Å²) in [5, 5.41) is 34.6. The molecule has 0 spiro atoms. The molecule has 0 amide bonds. The molecule has 9 heteroatoms. The topological polar surface area (TPSA) is 141 Å². The van der Waals surface area contributed by atoms with E-state index in [0.717, 1.165) is 11.5 Å². The minimum absolute atomic E-state index is 0.766. The third-order valence-corrected chi connectivity index (χ3v) is 3.89. The van der Waals surface area contributed by atoms with E-state index in [-0.39, 0.29) is 0 Å². The number of thiophene rings is 1. The molecule has 8 nitrogen and oxygen atoms in total. The summed E-state index contributed by atoms with van der Waals surface area (Å²) in [5.74, 6) is -2.77. The van der Waals surface area contributed by atoms with Crippen molar-refractivity contribution >= 4 is 35.4 Å². The Morgan fingerprint density at radius 2 is 1.68 bits per heavy atom. The van der Waals surface area contributed by atoms with Gasteiger partial charge in [-0.15, -0.1) is 11.3 Å². The van der Waals surface area contributed by atoms with Crippen LogP contribution in [0.2, 0.25) is 0 Å². The smallest absolute Gasteiger partial charge is 0.335 e. The maximum atomic E-state index is 9.77. The first-order chi connectivity index (χ1) is 11.7. The molecule has 0 bridgehead atoms. The minimum Gasteiger partial charge on any atom is -0.479 e. The number of hydrogen-bond acceptors (Lipinski definition) is 7. The van der Waals surface area contributed by atoms with Crippen LogP contribution in [-0.4, -0.2) is 54.5 Å². The summed E-state index contributed by atoms with van der Waals surface area (Å²) in [4.78, 5) is 29.3. The van der Waals surface area contributed by atoms with E-state index in [1.54, 1.807) is 17.5 Å². The Morgan fingerprint density at radius 3 is 2.12 bits per heavy atom. The Balaban J connectivity index is 0.000000275. The van der Waals surface area contributed by atoms with Crippen molar-refractivity contribution in [3.8, 4) is 0 Å². The fourth-order valence-corrected chi connectivity index (χ4v) is 2.34. The molecule has 2 atom stereocenters. The van der Waals surface area contributed by atoms with Gasteiger partial charge in [0.1, 0.15) is 0 Å². The Bertz CT molecular complexity index is 741. The van der Waals surface area contributed by atoms with Crippen LogP contribution in [0.4, 0.5) is 0 Å². The summed E-state index contributed by atoms with van der Waals surface area (Å²) < 4.78 is 0. The molecule has 0 aliphatic rings. The molecule has 2 unspecified atom stereocenters. The van der Waals surface area contributed by atoms with Crippen molar-refractivity contribution in [1.29, 1.82) is 0 Å². The van der Waals surface area contributed by atoms with Gasteiger partial charge in [0.15, 0.2) is 18.0 Å². The third kappa shape index (κ3) is 6.79. The predicted octanol–water partition coefficient (Wildman–Crippen LogP) is 1.20. The number of carboxylic acid groups (broad SMARTS) is 2. The molecule has 2 rings (SSSR count). The molecule has 134 valence electrons. The Kier molecular flexibility index (Phi) is 7.86. The molecule has 0 saturated carbocycles. The number of aryl methyl sites for hydroxylation is 2. The lowest BCUT2D eigenvalue weighted by atomic mass is 10.2. The summed E-state index contributed by atoms with van der Waals surface area (Å²) in [6.45, 7) is 4.07. The highest BCUT2D eigenvalue weighted by atomic mass is 32.1. The second-order valence-corrected chi connectivity index (χ2v) is 5.87. The van der Waals surface area contributed by atoms with Crippen molar-refractivity contribution < 1.29 is 30.0 Å². The Hall–Kier alpha value is -2.62. The maximum absolute atomic E-state index is 9.77. The minimum atomic E-state index is -2.27. The maximum Gasteiger partial charge on any atom is 0.335 e. The molecule has 2 heterocycles. The van der Waals surface area contributed by atoms with Gasteiger partial charge < -0.3 is 20.4 Å². The van der Waals surface area contributed by atoms with E-state index >= 15 is 0 Å². The summed E-state index contributed by atoms with van der Waals surface area (Å²) in [7, 11) is 0. The van der Waals surface area contributed by atoms with Gasteiger partial charge in [0.2, 0.25) is 0 Å². The largest absolute Gasteiger partial charge is 0.479 e. The zero-order valence-corrected chi connectivity index (χ0v) is 14.3. The van der Waals surface area contributed by atoms with Gasteiger partial charge in [-0.2, -0.15) is 0 Å². The lowest BCUT2D eigenvalue weighted by Crippen LogP contribution is -2.39. The number of hydrogen-bond donors (Lipinski definition) is 4. The molecule has 0 aliphatic heterocycles. The number of aromatic nitrogens is 2. The summed E-state index contributed by atoms with van der Waals surface area (Å²) in [6, 6.07) is 4.01. The number of carbonyl (C=O) groups is 2. The molecule has 0 radical (unpaired) electrons. The molecule has 0 aliphatic carbocycles. The lowest BCUT2D eigenvalue weighted by Gasteiger charge is -2.07. The van der Waals surface area contributed by atoms with E-state index in [1.165, 1.54) is 10.4 Å². The molecule has 25 heavy (non-hydrogen) atoms. The van der Waals surface area contributed by atoms with Crippen LogP contribution < -0.4 is 0 Å². The third-order valence-electron chi connectivity index (χ3n) is 2.90. The number of aliphatic hydroxyl groups is 2. The second-order valence-electron chi connectivity index (χ2n) is 4.92. The van der Waals surface area contributed by atoms with Crippen LogP contribution >= 0.6 is 11.3 Å². The standard InChI is InChI=1S/C12H12N2S.C4H6O6/c1-9-6-8-15-11(9)3-4-12-13-7-5-10(2)14-12;5-1(3(7)8)2(6)4(9)10/h3-8H,1-2H3;1-2,5-6H,(H,7,8)(H,9,10). The van der Waals surface area contributed by atoms with Crippen molar-refractivity contribution in [1.82, 2.24) is 9.97 Å². The van der Waals surface area contributed by atoms with Crippen LogP contribution in [0.5, 0.6) is 0 Å². The zero-order chi connectivity index (χ0) is 19.0. The molecule has 2 aromatic rings. The van der Waals surface area contributed by atoms with E-state index in [1.807, 2.05) is 19.1 Å². The van der Waals surface area contributed by atoms with Gasteiger partial charge in [-0.05, 0) is 49.1 Å². The number of rotatable bonds is 5.